The van der Waals surface area contributed by atoms with Crippen molar-refractivity contribution in [3.05, 3.63) is 22.5 Å². The zero-order chi connectivity index (χ0) is 20.7. The number of hydrogen-bond donors (Lipinski definition) is 0. The molecule has 0 radical (unpaired) electrons. The summed E-state index contributed by atoms with van der Waals surface area (Å²) < 4.78 is 12.0. The topological polar surface area (TPSA) is 77.8 Å². The highest BCUT2D eigenvalue weighted by atomic mass is 16.5. The third-order valence-corrected chi connectivity index (χ3v) is 4.54. The zero-order valence-corrected chi connectivity index (χ0v) is 17.5. The molecule has 1 amide bonds. The summed E-state index contributed by atoms with van der Waals surface area (Å²) in [7, 11) is 1.56. The van der Waals surface area contributed by atoms with Crippen LogP contribution in [0.3, 0.4) is 0 Å². The highest BCUT2D eigenvalue weighted by Crippen LogP contribution is 2.24. The smallest absolute Gasteiger partial charge is 0.355 e. The van der Waals surface area contributed by atoms with Crippen molar-refractivity contribution in [2.45, 2.75) is 48.1 Å². The molecule has 0 saturated heterocycles. The third kappa shape index (κ3) is 5.19. The van der Waals surface area contributed by atoms with E-state index in [1.54, 1.807) is 39.4 Å². The van der Waals surface area contributed by atoms with E-state index in [1.807, 2.05) is 13.8 Å². The number of Topliss-reactive ketones (excluding diaryl/α,β-unsaturated/α-hetero) is 1. The number of methoxy groups -OCH3 is 1. The van der Waals surface area contributed by atoms with Crippen molar-refractivity contribution < 1.29 is 23.9 Å². The lowest BCUT2D eigenvalue weighted by Crippen LogP contribution is -2.40. The van der Waals surface area contributed by atoms with Gasteiger partial charge < -0.3 is 18.9 Å². The standard InChI is InChI=1S/C20H32N2O5/c1-8-22-15(6)17(14(5)18(22)20(25)27-9-2)16(23)12-21(10-11-26-7)19(24)13(3)4/h13H,8-12H2,1-7H3. The van der Waals surface area contributed by atoms with Crippen LogP contribution in [0.4, 0.5) is 0 Å². The van der Waals surface area contributed by atoms with Crippen LogP contribution in [0.5, 0.6) is 0 Å². The maximum Gasteiger partial charge on any atom is 0.355 e. The minimum Gasteiger partial charge on any atom is -0.461 e. The maximum atomic E-state index is 13.0. The second-order valence-electron chi connectivity index (χ2n) is 6.73. The summed E-state index contributed by atoms with van der Waals surface area (Å²) in [5.74, 6) is -0.940. The Morgan fingerprint density at radius 3 is 2.26 bits per heavy atom. The molecule has 0 aliphatic heterocycles. The molecular weight excluding hydrogens is 348 g/mol. The van der Waals surface area contributed by atoms with Crippen molar-refractivity contribution in [3.8, 4) is 0 Å². The first-order chi connectivity index (χ1) is 12.7. The van der Waals surface area contributed by atoms with Gasteiger partial charge in [-0.1, -0.05) is 13.8 Å². The Morgan fingerprint density at radius 2 is 1.78 bits per heavy atom. The van der Waals surface area contributed by atoms with Crippen LogP contribution < -0.4 is 0 Å². The van der Waals surface area contributed by atoms with Crippen LogP contribution in [-0.2, 0) is 20.8 Å². The number of rotatable bonds is 10. The lowest BCUT2D eigenvalue weighted by molar-refractivity contribution is -0.134. The molecule has 7 nitrogen and oxygen atoms in total. The Balaban J connectivity index is 3.25. The van der Waals surface area contributed by atoms with Crippen molar-refractivity contribution >= 4 is 17.7 Å². The van der Waals surface area contributed by atoms with Gasteiger partial charge >= 0.3 is 5.97 Å². The Bertz CT molecular complexity index is 691. The maximum absolute atomic E-state index is 13.0. The highest BCUT2D eigenvalue weighted by molar-refractivity contribution is 6.04. The van der Waals surface area contributed by atoms with Gasteiger partial charge in [0.25, 0.3) is 0 Å². The minimum atomic E-state index is -0.437. The SMILES string of the molecule is CCOC(=O)c1c(C)c(C(=O)CN(CCOC)C(=O)C(C)C)c(C)n1CC. The summed E-state index contributed by atoms with van der Waals surface area (Å²) in [5.41, 5.74) is 2.20. The molecule has 1 aromatic heterocycles. The van der Waals surface area contributed by atoms with Crippen LogP contribution in [0.25, 0.3) is 0 Å². The van der Waals surface area contributed by atoms with Crippen molar-refractivity contribution in [1.29, 1.82) is 0 Å². The average molecular weight is 380 g/mol. The second-order valence-corrected chi connectivity index (χ2v) is 6.73. The monoisotopic (exact) mass is 380 g/mol. The minimum absolute atomic E-state index is 0.0436. The fraction of sp³-hybridized carbons (Fsp3) is 0.650. The molecule has 27 heavy (non-hydrogen) atoms. The van der Waals surface area contributed by atoms with E-state index in [-0.39, 0.29) is 30.8 Å². The number of carbonyl (C=O) groups is 3. The van der Waals surface area contributed by atoms with E-state index in [1.165, 1.54) is 4.90 Å². The largest absolute Gasteiger partial charge is 0.461 e. The molecule has 1 heterocycles. The number of ether oxygens (including phenoxy) is 2. The fourth-order valence-electron chi connectivity index (χ4n) is 3.25. The first-order valence-electron chi connectivity index (χ1n) is 9.38. The number of esters is 1. The summed E-state index contributed by atoms with van der Waals surface area (Å²) >= 11 is 0. The van der Waals surface area contributed by atoms with Gasteiger partial charge in [-0.3, -0.25) is 9.59 Å². The summed E-state index contributed by atoms with van der Waals surface area (Å²) in [6.45, 7) is 12.3. The third-order valence-electron chi connectivity index (χ3n) is 4.54. The molecule has 152 valence electrons. The summed E-state index contributed by atoms with van der Waals surface area (Å²) in [4.78, 5) is 39.4. The van der Waals surface area contributed by atoms with Gasteiger partial charge in [-0.15, -0.1) is 0 Å². The van der Waals surface area contributed by atoms with Crippen molar-refractivity contribution in [2.24, 2.45) is 5.92 Å². The van der Waals surface area contributed by atoms with Crippen LogP contribution in [0.15, 0.2) is 0 Å². The van der Waals surface area contributed by atoms with E-state index in [0.29, 0.717) is 42.2 Å². The molecule has 1 aromatic rings. The normalized spacial score (nSPS) is 11.0. The lowest BCUT2D eigenvalue weighted by Gasteiger charge is -2.23. The molecule has 7 heteroatoms. The van der Waals surface area contributed by atoms with Gasteiger partial charge in [0.2, 0.25) is 5.91 Å². The first-order valence-corrected chi connectivity index (χ1v) is 9.38. The van der Waals surface area contributed by atoms with Gasteiger partial charge in [0.05, 0.1) is 19.8 Å². The lowest BCUT2D eigenvalue weighted by atomic mass is 10.0. The van der Waals surface area contributed by atoms with E-state index in [9.17, 15) is 14.4 Å². The number of nitrogens with zero attached hydrogens (tertiary/aromatic N) is 2. The van der Waals surface area contributed by atoms with E-state index in [2.05, 4.69) is 0 Å². The summed E-state index contributed by atoms with van der Waals surface area (Å²) in [5, 5.41) is 0. The number of aromatic nitrogens is 1. The number of carbonyl (C=O) groups excluding carboxylic acids is 3. The van der Waals surface area contributed by atoms with Gasteiger partial charge in [-0.05, 0) is 33.3 Å². The summed E-state index contributed by atoms with van der Waals surface area (Å²) in [6.07, 6.45) is 0. The quantitative estimate of drug-likeness (QED) is 0.461. The van der Waals surface area contributed by atoms with E-state index in [4.69, 9.17) is 9.47 Å². The predicted molar refractivity (Wildman–Crippen MR) is 103 cm³/mol. The molecule has 0 spiro atoms. The van der Waals surface area contributed by atoms with Crippen LogP contribution in [-0.4, -0.2) is 60.5 Å². The Morgan fingerprint density at radius 1 is 1.15 bits per heavy atom. The van der Waals surface area contributed by atoms with Crippen LogP contribution >= 0.6 is 0 Å². The molecule has 0 atom stereocenters. The molecule has 0 aliphatic carbocycles. The van der Waals surface area contributed by atoms with Crippen molar-refractivity contribution in [2.75, 3.05) is 33.4 Å². The molecule has 0 N–H and O–H groups in total. The summed E-state index contributed by atoms with van der Waals surface area (Å²) in [6, 6.07) is 0. The van der Waals surface area contributed by atoms with Gasteiger partial charge in [0, 0.05) is 37.4 Å². The highest BCUT2D eigenvalue weighted by Gasteiger charge is 2.28. The Kier molecular flexibility index (Phi) is 8.69. The number of ketones is 1. The molecule has 0 bridgehead atoms. The van der Waals surface area contributed by atoms with Crippen LogP contribution in [0, 0.1) is 19.8 Å². The first kappa shape index (κ1) is 22.9. The molecule has 0 saturated carbocycles. The molecule has 0 aliphatic rings. The Hall–Kier alpha value is -2.15. The van der Waals surface area contributed by atoms with Gasteiger partial charge in [-0.25, -0.2) is 4.79 Å². The van der Waals surface area contributed by atoms with Gasteiger partial charge in [-0.2, -0.15) is 0 Å². The average Bonchev–Trinajstić information content (AvgIpc) is 2.87. The fourth-order valence-corrected chi connectivity index (χ4v) is 3.25. The van der Waals surface area contributed by atoms with Crippen LogP contribution in [0.1, 0.15) is 59.8 Å². The molecule has 0 aromatic carbocycles. The predicted octanol–water partition coefficient (Wildman–Crippen LogP) is 2.62. The van der Waals surface area contributed by atoms with E-state index < -0.39 is 5.97 Å². The molecule has 1 rings (SSSR count). The second kappa shape index (κ2) is 10.3. The van der Waals surface area contributed by atoms with Crippen molar-refractivity contribution in [3.63, 3.8) is 0 Å². The molecule has 0 unspecified atom stereocenters. The van der Waals surface area contributed by atoms with Gasteiger partial charge in [0.15, 0.2) is 5.78 Å². The Labute approximate surface area is 161 Å². The van der Waals surface area contributed by atoms with E-state index >= 15 is 0 Å². The van der Waals surface area contributed by atoms with Gasteiger partial charge in [0.1, 0.15) is 5.69 Å². The van der Waals surface area contributed by atoms with Crippen LogP contribution in [0.2, 0.25) is 0 Å². The van der Waals surface area contributed by atoms with E-state index in [0.717, 1.165) is 0 Å². The zero-order valence-electron chi connectivity index (χ0n) is 17.5. The number of amides is 1. The van der Waals surface area contributed by atoms with Crippen molar-refractivity contribution in [1.82, 2.24) is 9.47 Å². The molecular formula is C20H32N2O5. The number of hydrogen-bond acceptors (Lipinski definition) is 5. The molecule has 0 fully saturated rings.